The van der Waals surface area contributed by atoms with Gasteiger partial charge in [0, 0.05) is 69.6 Å². The molecule has 0 unspecified atom stereocenters. The zero-order valence-corrected chi connectivity index (χ0v) is 45.9. The van der Waals surface area contributed by atoms with Gasteiger partial charge in [0.1, 0.15) is 0 Å². The summed E-state index contributed by atoms with van der Waals surface area (Å²) in [7, 11) is 0. The second-order valence-corrected chi connectivity index (χ2v) is 25.5. The van der Waals surface area contributed by atoms with Gasteiger partial charge in [-0.25, -0.2) is 0 Å². The summed E-state index contributed by atoms with van der Waals surface area (Å²) in [5.41, 5.74) is 6.75. The molecule has 0 amide bonds. The lowest BCUT2D eigenvalue weighted by Crippen LogP contribution is -1.97. The average molecular weight is 992 g/mol. The number of hydrogen-bond acceptors (Lipinski definition) is 6. The predicted molar refractivity (Wildman–Crippen MR) is 308 cm³/mol. The van der Waals surface area contributed by atoms with Crippen molar-refractivity contribution in [1.29, 1.82) is 0 Å². The number of aryl methyl sites for hydroxylation is 4. The number of hydrogen-bond donors (Lipinski definition) is 0. The molecule has 8 aromatic rings. The lowest BCUT2D eigenvalue weighted by molar-refractivity contribution is 0.601. The summed E-state index contributed by atoms with van der Waals surface area (Å²) in [6.07, 6.45) is 37.5. The van der Waals surface area contributed by atoms with Crippen molar-refractivity contribution in [3.05, 3.63) is 81.5 Å². The van der Waals surface area contributed by atoms with E-state index < -0.39 is 0 Å². The minimum atomic E-state index is 1.23. The van der Waals surface area contributed by atoms with Crippen molar-refractivity contribution in [2.75, 3.05) is 0 Å². The Balaban J connectivity index is 1.06. The van der Waals surface area contributed by atoms with Crippen molar-refractivity contribution >= 4 is 108 Å². The van der Waals surface area contributed by atoms with E-state index in [-0.39, 0.29) is 0 Å². The van der Waals surface area contributed by atoms with Crippen LogP contribution in [0.1, 0.15) is 204 Å². The largest absolute Gasteiger partial charge is 0.143 e. The first kappa shape index (κ1) is 50.1. The molecule has 0 aliphatic carbocycles. The van der Waals surface area contributed by atoms with Gasteiger partial charge < -0.3 is 0 Å². The maximum absolute atomic E-state index is 2.57. The molecule has 0 nitrogen and oxygen atoms in total. The van der Waals surface area contributed by atoms with Crippen molar-refractivity contribution in [2.24, 2.45) is 0 Å². The van der Waals surface area contributed by atoms with Gasteiger partial charge >= 0.3 is 0 Å². The molecule has 0 saturated carbocycles. The zero-order valence-electron chi connectivity index (χ0n) is 41.0. The first-order valence-electron chi connectivity index (χ1n) is 26.7. The van der Waals surface area contributed by atoms with Gasteiger partial charge in [-0.1, -0.05) is 156 Å². The molecular formula is C60H78S6. The van der Waals surface area contributed by atoms with Gasteiger partial charge in [0.15, 0.2) is 0 Å². The molecule has 6 heterocycles. The van der Waals surface area contributed by atoms with Crippen LogP contribution in [0.25, 0.3) is 69.6 Å². The van der Waals surface area contributed by atoms with Gasteiger partial charge in [-0.15, -0.1) is 68.0 Å². The van der Waals surface area contributed by atoms with Crippen LogP contribution in [0.15, 0.2) is 59.3 Å². The van der Waals surface area contributed by atoms with E-state index in [1.54, 1.807) is 41.1 Å². The van der Waals surface area contributed by atoms with E-state index in [0.29, 0.717) is 0 Å². The molecule has 0 spiro atoms. The Bertz CT molecular complexity index is 2500. The van der Waals surface area contributed by atoms with E-state index in [9.17, 15) is 0 Å². The van der Waals surface area contributed by atoms with Crippen LogP contribution in [0.4, 0.5) is 0 Å². The molecule has 6 heteroatoms. The van der Waals surface area contributed by atoms with Crippen molar-refractivity contribution in [1.82, 2.24) is 0 Å². The molecule has 0 atom stereocenters. The van der Waals surface area contributed by atoms with E-state index in [2.05, 4.69) is 110 Å². The summed E-state index contributed by atoms with van der Waals surface area (Å²) in [6.45, 7) is 9.31. The summed E-state index contributed by atoms with van der Waals surface area (Å²) < 4.78 is 6.30. The summed E-state index contributed by atoms with van der Waals surface area (Å²) >= 11 is 12.2. The van der Waals surface area contributed by atoms with Crippen molar-refractivity contribution < 1.29 is 0 Å². The first-order valence-corrected chi connectivity index (χ1v) is 31.8. The second kappa shape index (κ2) is 26.0. The van der Waals surface area contributed by atoms with Crippen LogP contribution >= 0.6 is 68.0 Å². The highest BCUT2D eigenvalue weighted by Crippen LogP contribution is 2.50. The number of thiophene rings is 6. The van der Waals surface area contributed by atoms with E-state index in [1.165, 1.54) is 231 Å². The third-order valence-electron chi connectivity index (χ3n) is 14.3. The lowest BCUT2D eigenvalue weighted by Gasteiger charge is -2.14. The Morgan fingerprint density at radius 1 is 0.273 bits per heavy atom. The van der Waals surface area contributed by atoms with Gasteiger partial charge in [0.25, 0.3) is 0 Å². The second-order valence-electron chi connectivity index (χ2n) is 19.3. The first-order chi connectivity index (χ1) is 32.6. The van der Waals surface area contributed by atoms with Gasteiger partial charge in [0.2, 0.25) is 0 Å². The predicted octanol–water partition coefficient (Wildman–Crippen LogP) is 23.3. The smallest absolute Gasteiger partial charge is 0.0455 e. The Morgan fingerprint density at radius 3 is 0.894 bits per heavy atom. The molecule has 0 fully saturated rings. The third kappa shape index (κ3) is 12.3. The van der Waals surface area contributed by atoms with Gasteiger partial charge in [-0.05, 0) is 133 Å². The Morgan fingerprint density at radius 2 is 0.561 bits per heavy atom. The van der Waals surface area contributed by atoms with Gasteiger partial charge in [-0.2, -0.15) is 0 Å². The molecule has 354 valence electrons. The maximum atomic E-state index is 2.57. The Labute approximate surface area is 423 Å². The van der Waals surface area contributed by atoms with Crippen molar-refractivity contribution in [3.8, 4) is 29.3 Å². The monoisotopic (exact) mass is 990 g/mol. The normalized spacial score (nSPS) is 12.1. The standard InChI is InChI=1S/C60H78S6/c1-5-9-13-17-21-25-29-43-45(31-27-23-19-15-11-7-3)59-49(47-37-39-61-57(43)47)41-55(65-59)53-35-33-51(63-53)52-34-36-54(64-52)56-42-50-48-38-40-62-58(48)44(30-26-22-18-14-10-6-2)46(60(50)66-56)32-28-24-20-16-12-8-4/h33-42H,5-32H2,1-4H3. The van der Waals surface area contributed by atoms with E-state index in [4.69, 9.17) is 0 Å². The molecular weight excluding hydrogens is 913 g/mol. The number of unbranched alkanes of at least 4 members (excludes halogenated alkanes) is 20. The minimum absolute atomic E-state index is 1.23. The molecule has 0 bridgehead atoms. The molecule has 0 aliphatic heterocycles. The SMILES string of the molecule is CCCCCCCCc1c(CCCCCCCC)c2sc(-c3ccc(-c4ccc(-c5cc6c(s5)c(CCCCCCCC)c(CCCCCCCC)c5sccc56)s4)s3)cc2c2ccsc12. The third-order valence-corrected chi connectivity index (χ3v) is 21.4. The molecule has 2 aromatic carbocycles. The van der Waals surface area contributed by atoms with Crippen LogP contribution < -0.4 is 0 Å². The molecule has 0 radical (unpaired) electrons. The van der Waals surface area contributed by atoms with Crippen LogP contribution in [-0.4, -0.2) is 0 Å². The summed E-state index contributed by atoms with van der Waals surface area (Å²) in [6, 6.07) is 19.7. The van der Waals surface area contributed by atoms with Gasteiger partial charge in [0.05, 0.1) is 0 Å². The molecule has 8 rings (SSSR count). The Hall–Kier alpha value is -2.32. The van der Waals surface area contributed by atoms with Crippen LogP contribution in [0, 0.1) is 0 Å². The molecule has 0 saturated heterocycles. The number of benzene rings is 2. The van der Waals surface area contributed by atoms with E-state index in [0.717, 1.165) is 0 Å². The maximum Gasteiger partial charge on any atom is 0.0455 e. The number of fused-ring (bicyclic) bond motifs is 6. The van der Waals surface area contributed by atoms with E-state index >= 15 is 0 Å². The quantitative estimate of drug-likeness (QED) is 0.0380. The summed E-state index contributed by atoms with van der Waals surface area (Å²) in [5, 5.41) is 10.7. The topological polar surface area (TPSA) is 0 Å². The average Bonchev–Trinajstić information content (AvgIpc) is 4.19. The fourth-order valence-electron chi connectivity index (χ4n) is 10.5. The van der Waals surface area contributed by atoms with Crippen LogP contribution in [0.5, 0.6) is 0 Å². The fourth-order valence-corrected chi connectivity index (χ4v) is 17.4. The highest BCUT2D eigenvalue weighted by Gasteiger charge is 2.22. The highest BCUT2D eigenvalue weighted by atomic mass is 32.1. The van der Waals surface area contributed by atoms with Crippen LogP contribution in [0.2, 0.25) is 0 Å². The number of rotatable bonds is 31. The molecule has 0 N–H and O–H groups in total. The minimum Gasteiger partial charge on any atom is -0.143 e. The lowest BCUT2D eigenvalue weighted by atomic mass is 9.93. The van der Waals surface area contributed by atoms with Crippen LogP contribution in [0.3, 0.4) is 0 Å². The molecule has 6 aromatic heterocycles. The molecule has 0 aliphatic rings. The zero-order chi connectivity index (χ0) is 45.5. The van der Waals surface area contributed by atoms with Gasteiger partial charge in [-0.3, -0.25) is 0 Å². The van der Waals surface area contributed by atoms with Crippen LogP contribution in [-0.2, 0) is 25.7 Å². The fraction of sp³-hybridized carbons (Fsp3) is 0.533. The van der Waals surface area contributed by atoms with Crippen molar-refractivity contribution in [3.63, 3.8) is 0 Å². The highest BCUT2D eigenvalue weighted by molar-refractivity contribution is 7.30. The Kier molecular flexibility index (Phi) is 19.8. The summed E-state index contributed by atoms with van der Waals surface area (Å²) in [5.74, 6) is 0. The summed E-state index contributed by atoms with van der Waals surface area (Å²) in [4.78, 5) is 8.55. The van der Waals surface area contributed by atoms with E-state index in [1.807, 2.05) is 45.3 Å². The molecule has 66 heavy (non-hydrogen) atoms. The van der Waals surface area contributed by atoms with Crippen molar-refractivity contribution in [2.45, 2.75) is 207 Å².